The summed E-state index contributed by atoms with van der Waals surface area (Å²) >= 11 is 11.9. The van der Waals surface area contributed by atoms with E-state index in [0.29, 0.717) is 11.5 Å². The number of carbonyl (C=O) groups is 2. The summed E-state index contributed by atoms with van der Waals surface area (Å²) in [5.74, 6) is -0.692. The summed E-state index contributed by atoms with van der Waals surface area (Å²) in [7, 11) is 0. The lowest BCUT2D eigenvalue weighted by Gasteiger charge is -2.09. The predicted octanol–water partition coefficient (Wildman–Crippen LogP) is 4.45. The van der Waals surface area contributed by atoms with Crippen LogP contribution in [-0.4, -0.2) is 22.1 Å². The number of nitrogens with one attached hydrogen (secondary N) is 2. The number of aryl methyl sites for hydroxylation is 1. The maximum Gasteiger partial charge on any atom is 0.326 e. The molecule has 27 heavy (non-hydrogen) atoms. The van der Waals surface area contributed by atoms with Crippen molar-refractivity contribution in [2.24, 2.45) is 0 Å². The van der Waals surface area contributed by atoms with Gasteiger partial charge in [-0.15, -0.1) is 10.2 Å². The minimum atomic E-state index is -0.830. The van der Waals surface area contributed by atoms with E-state index in [9.17, 15) is 14.0 Å². The van der Waals surface area contributed by atoms with E-state index in [0.717, 1.165) is 12.1 Å². The molecule has 0 atom stereocenters. The van der Waals surface area contributed by atoms with E-state index in [2.05, 4.69) is 20.8 Å². The lowest BCUT2D eigenvalue weighted by Crippen LogP contribution is -2.34. The van der Waals surface area contributed by atoms with Crippen molar-refractivity contribution in [3.63, 3.8) is 0 Å². The number of anilines is 1. The molecule has 2 aromatic carbocycles. The van der Waals surface area contributed by atoms with Crippen LogP contribution in [0.1, 0.15) is 16.2 Å². The van der Waals surface area contributed by atoms with Gasteiger partial charge in [0.05, 0.1) is 21.3 Å². The van der Waals surface area contributed by atoms with Crippen LogP contribution in [0.2, 0.25) is 10.0 Å². The summed E-state index contributed by atoms with van der Waals surface area (Å²) in [5.41, 5.74) is 0.786. The van der Waals surface area contributed by atoms with E-state index in [1.54, 1.807) is 13.0 Å². The summed E-state index contributed by atoms with van der Waals surface area (Å²) in [6, 6.07) is 7.05. The fourth-order valence-corrected chi connectivity index (χ4v) is 2.64. The van der Waals surface area contributed by atoms with Crippen molar-refractivity contribution in [3.8, 4) is 11.5 Å². The van der Waals surface area contributed by atoms with Crippen molar-refractivity contribution in [2.45, 2.75) is 6.92 Å². The van der Waals surface area contributed by atoms with E-state index in [4.69, 9.17) is 27.6 Å². The van der Waals surface area contributed by atoms with Gasteiger partial charge in [-0.3, -0.25) is 10.1 Å². The third-order valence-electron chi connectivity index (χ3n) is 3.39. The Balaban J connectivity index is 1.69. The van der Waals surface area contributed by atoms with Gasteiger partial charge in [-0.1, -0.05) is 23.2 Å². The van der Waals surface area contributed by atoms with Crippen molar-refractivity contribution in [1.82, 2.24) is 15.5 Å². The van der Waals surface area contributed by atoms with Gasteiger partial charge in [0.25, 0.3) is 5.91 Å². The molecule has 3 rings (SSSR count). The maximum atomic E-state index is 13.0. The highest BCUT2D eigenvalue weighted by atomic mass is 35.5. The number of nitrogens with zero attached hydrogens (tertiary/aromatic N) is 2. The Morgan fingerprint density at radius 1 is 1.07 bits per heavy atom. The van der Waals surface area contributed by atoms with E-state index in [1.807, 2.05) is 0 Å². The molecule has 0 saturated carbocycles. The molecular weight excluding hydrogens is 398 g/mol. The zero-order valence-electron chi connectivity index (χ0n) is 13.7. The van der Waals surface area contributed by atoms with Gasteiger partial charge in [0.15, 0.2) is 0 Å². The highest BCUT2D eigenvalue weighted by molar-refractivity contribution is 6.35. The Morgan fingerprint density at radius 3 is 2.48 bits per heavy atom. The predicted molar refractivity (Wildman–Crippen MR) is 97.4 cm³/mol. The Morgan fingerprint density at radius 2 is 1.85 bits per heavy atom. The Kier molecular flexibility index (Phi) is 5.38. The number of rotatable bonds is 3. The lowest BCUT2D eigenvalue weighted by molar-refractivity contribution is 0.0967. The molecule has 0 unspecified atom stereocenters. The van der Waals surface area contributed by atoms with Gasteiger partial charge in [0.1, 0.15) is 5.82 Å². The molecule has 1 aromatic heterocycles. The Bertz CT molecular complexity index is 1040. The van der Waals surface area contributed by atoms with Crippen LogP contribution in [0.5, 0.6) is 0 Å². The Hall–Kier alpha value is -2.97. The largest absolute Gasteiger partial charge is 0.421 e. The van der Waals surface area contributed by atoms with Crippen LogP contribution in [0.15, 0.2) is 40.8 Å². The van der Waals surface area contributed by atoms with Crippen molar-refractivity contribution in [2.75, 3.05) is 5.32 Å². The molecule has 0 aliphatic rings. The summed E-state index contributed by atoms with van der Waals surface area (Å²) in [6.07, 6.45) is 0. The average Bonchev–Trinajstić information content (AvgIpc) is 3.03. The molecule has 138 valence electrons. The molecule has 0 aliphatic heterocycles. The molecule has 0 bridgehead atoms. The average molecular weight is 409 g/mol. The number of imide groups is 1. The van der Waals surface area contributed by atoms with Gasteiger partial charge < -0.3 is 9.73 Å². The minimum absolute atomic E-state index is 0.0403. The van der Waals surface area contributed by atoms with E-state index < -0.39 is 17.8 Å². The van der Waals surface area contributed by atoms with Crippen LogP contribution in [0.3, 0.4) is 0 Å². The van der Waals surface area contributed by atoms with E-state index in [1.165, 1.54) is 18.2 Å². The van der Waals surface area contributed by atoms with E-state index >= 15 is 0 Å². The topological polar surface area (TPSA) is 97.1 Å². The van der Waals surface area contributed by atoms with Gasteiger partial charge in [0.2, 0.25) is 11.8 Å². The summed E-state index contributed by atoms with van der Waals surface area (Å²) in [6.45, 7) is 1.66. The number of hydrogen-bond acceptors (Lipinski definition) is 5. The van der Waals surface area contributed by atoms with Crippen LogP contribution in [0.25, 0.3) is 11.5 Å². The minimum Gasteiger partial charge on any atom is -0.421 e. The monoisotopic (exact) mass is 408 g/mol. The highest BCUT2D eigenvalue weighted by Crippen LogP contribution is 2.28. The number of carbonyl (C=O) groups excluding carboxylic acids is 2. The maximum absolute atomic E-state index is 13.0. The van der Waals surface area contributed by atoms with Crippen LogP contribution < -0.4 is 10.6 Å². The molecule has 1 heterocycles. The fourth-order valence-electron chi connectivity index (χ4n) is 2.16. The van der Waals surface area contributed by atoms with Crippen LogP contribution in [0, 0.1) is 12.7 Å². The molecule has 0 fully saturated rings. The third kappa shape index (κ3) is 4.42. The molecule has 0 saturated heterocycles. The second kappa shape index (κ2) is 7.73. The van der Waals surface area contributed by atoms with Crippen molar-refractivity contribution in [3.05, 3.63) is 63.7 Å². The molecule has 3 aromatic rings. The number of hydrogen-bond donors (Lipinski definition) is 2. The van der Waals surface area contributed by atoms with Gasteiger partial charge in [-0.2, -0.15) is 0 Å². The van der Waals surface area contributed by atoms with Gasteiger partial charge >= 0.3 is 6.03 Å². The quantitative estimate of drug-likeness (QED) is 0.666. The molecule has 3 amide bonds. The van der Waals surface area contributed by atoms with Crippen molar-refractivity contribution >= 4 is 40.8 Å². The van der Waals surface area contributed by atoms with Gasteiger partial charge in [0, 0.05) is 12.5 Å². The first-order valence-corrected chi connectivity index (χ1v) is 8.26. The second-order valence-corrected chi connectivity index (χ2v) is 6.17. The van der Waals surface area contributed by atoms with Crippen molar-refractivity contribution in [1.29, 1.82) is 0 Å². The molecular formula is C17H11Cl2FN4O3. The standard InChI is InChI=1S/C17H11Cl2FN4O3/c1-8-23-24-16(27-8)9-2-5-14(13(19)6-9)21-17(26)22-15(25)11-4-3-10(20)7-12(11)18/h2-7H,1H3,(H2,21,22,25,26). The van der Waals surface area contributed by atoms with E-state index in [-0.39, 0.29) is 27.2 Å². The first-order valence-electron chi connectivity index (χ1n) is 7.51. The number of aromatic nitrogens is 2. The van der Waals surface area contributed by atoms with Crippen LogP contribution >= 0.6 is 23.2 Å². The first kappa shape index (κ1) is 18.8. The Labute approximate surface area is 162 Å². The van der Waals surface area contributed by atoms with Crippen LogP contribution in [-0.2, 0) is 0 Å². The summed E-state index contributed by atoms with van der Waals surface area (Å²) in [5, 5.41) is 12.2. The first-order chi connectivity index (χ1) is 12.8. The molecule has 0 spiro atoms. The molecule has 2 N–H and O–H groups in total. The molecule has 10 heteroatoms. The normalized spacial score (nSPS) is 10.5. The zero-order valence-corrected chi connectivity index (χ0v) is 15.2. The zero-order chi connectivity index (χ0) is 19.6. The smallest absolute Gasteiger partial charge is 0.326 e. The summed E-state index contributed by atoms with van der Waals surface area (Å²) < 4.78 is 18.3. The van der Waals surface area contributed by atoms with Crippen molar-refractivity contribution < 1.29 is 18.4 Å². The second-order valence-electron chi connectivity index (χ2n) is 5.35. The molecule has 0 radical (unpaired) electrons. The highest BCUT2D eigenvalue weighted by Gasteiger charge is 2.16. The number of amides is 3. The SMILES string of the molecule is Cc1nnc(-c2ccc(NC(=O)NC(=O)c3ccc(F)cc3Cl)c(Cl)c2)o1. The lowest BCUT2D eigenvalue weighted by atomic mass is 10.2. The number of halogens is 3. The fraction of sp³-hybridized carbons (Fsp3) is 0.0588. The number of benzene rings is 2. The summed E-state index contributed by atoms with van der Waals surface area (Å²) in [4.78, 5) is 24.1. The molecule has 7 nitrogen and oxygen atoms in total. The third-order valence-corrected chi connectivity index (χ3v) is 4.02. The van der Waals surface area contributed by atoms with Crippen LogP contribution in [0.4, 0.5) is 14.9 Å². The molecule has 0 aliphatic carbocycles. The van der Waals surface area contributed by atoms with Gasteiger partial charge in [-0.05, 0) is 36.4 Å². The number of urea groups is 1. The van der Waals surface area contributed by atoms with Gasteiger partial charge in [-0.25, -0.2) is 9.18 Å².